The zero-order valence-corrected chi connectivity index (χ0v) is 12.2. The van der Waals surface area contributed by atoms with Gasteiger partial charge in [0, 0.05) is 5.69 Å². The zero-order chi connectivity index (χ0) is 14.5. The van der Waals surface area contributed by atoms with Crippen molar-refractivity contribution in [3.63, 3.8) is 0 Å². The summed E-state index contributed by atoms with van der Waals surface area (Å²) in [5, 5.41) is 7.32. The Kier molecular flexibility index (Phi) is 4.53. The van der Waals surface area contributed by atoms with Gasteiger partial charge in [-0.3, -0.25) is 9.59 Å². The minimum atomic E-state index is -0.593. The Hall–Kier alpha value is -2.14. The first kappa shape index (κ1) is 14.3. The van der Waals surface area contributed by atoms with Gasteiger partial charge in [0.25, 0.3) is 5.91 Å². The normalized spacial score (nSPS) is 11.7. The van der Waals surface area contributed by atoms with E-state index in [1.807, 2.05) is 36.6 Å². The largest absolute Gasteiger partial charge is 0.340 e. The van der Waals surface area contributed by atoms with Crippen molar-refractivity contribution in [2.75, 3.05) is 5.32 Å². The topological polar surface area (TPSA) is 58.2 Å². The molecule has 20 heavy (non-hydrogen) atoms. The van der Waals surface area contributed by atoms with Crippen molar-refractivity contribution < 1.29 is 9.59 Å². The summed E-state index contributed by atoms with van der Waals surface area (Å²) >= 11 is 1.35. The maximum absolute atomic E-state index is 12.0. The van der Waals surface area contributed by atoms with E-state index in [0.717, 1.165) is 11.3 Å². The molecule has 0 aliphatic heterocycles. The molecule has 4 nitrogen and oxygen atoms in total. The molecule has 0 fully saturated rings. The lowest BCUT2D eigenvalue weighted by atomic mass is 10.2. The summed E-state index contributed by atoms with van der Waals surface area (Å²) in [7, 11) is 0. The van der Waals surface area contributed by atoms with E-state index in [-0.39, 0.29) is 11.8 Å². The number of para-hydroxylation sites is 1. The third kappa shape index (κ3) is 3.45. The number of hydrogen-bond donors (Lipinski definition) is 2. The van der Waals surface area contributed by atoms with E-state index in [2.05, 4.69) is 10.6 Å². The molecule has 0 radical (unpaired) electrons. The molecule has 0 bridgehead atoms. The van der Waals surface area contributed by atoms with Crippen molar-refractivity contribution in [3.05, 3.63) is 52.2 Å². The highest BCUT2D eigenvalue weighted by molar-refractivity contribution is 7.12. The molecule has 104 valence electrons. The SMILES string of the molecule is Cc1ccccc1NC(=O)[C@@H](C)NC(=O)c1cccs1. The molecule has 0 aliphatic carbocycles. The molecule has 2 aromatic rings. The van der Waals surface area contributed by atoms with Crippen LogP contribution in [0.25, 0.3) is 0 Å². The molecule has 1 aromatic carbocycles. The molecule has 0 aliphatic rings. The number of nitrogens with one attached hydrogen (secondary N) is 2. The van der Waals surface area contributed by atoms with E-state index in [4.69, 9.17) is 0 Å². The molecule has 2 rings (SSSR count). The number of carbonyl (C=O) groups excluding carboxylic acids is 2. The Morgan fingerprint density at radius 2 is 1.90 bits per heavy atom. The van der Waals surface area contributed by atoms with Crippen LogP contribution in [0.2, 0.25) is 0 Å². The van der Waals surface area contributed by atoms with Crippen LogP contribution >= 0.6 is 11.3 Å². The lowest BCUT2D eigenvalue weighted by molar-refractivity contribution is -0.117. The van der Waals surface area contributed by atoms with E-state index in [1.165, 1.54) is 11.3 Å². The predicted octanol–water partition coefficient (Wildman–Crippen LogP) is 2.81. The molecule has 2 amide bonds. The van der Waals surface area contributed by atoms with E-state index in [0.29, 0.717) is 4.88 Å². The van der Waals surface area contributed by atoms with Gasteiger partial charge in [0.15, 0.2) is 0 Å². The molecule has 0 unspecified atom stereocenters. The van der Waals surface area contributed by atoms with Gasteiger partial charge in [-0.1, -0.05) is 24.3 Å². The average Bonchev–Trinajstić information content (AvgIpc) is 2.95. The van der Waals surface area contributed by atoms with Crippen LogP contribution in [0.4, 0.5) is 5.69 Å². The van der Waals surface area contributed by atoms with Crippen molar-refractivity contribution in [2.24, 2.45) is 0 Å². The standard InChI is InChI=1S/C15H16N2O2S/c1-10-6-3-4-7-12(10)17-14(18)11(2)16-15(19)13-8-5-9-20-13/h3-9,11H,1-2H3,(H,16,19)(H,17,18)/t11-/m1/s1. The summed E-state index contributed by atoms with van der Waals surface area (Å²) in [4.78, 5) is 24.5. The van der Waals surface area contributed by atoms with Gasteiger partial charge in [-0.2, -0.15) is 0 Å². The van der Waals surface area contributed by atoms with Crippen molar-refractivity contribution in [3.8, 4) is 0 Å². The summed E-state index contributed by atoms with van der Waals surface area (Å²) in [5.41, 5.74) is 1.74. The number of anilines is 1. The number of hydrogen-bond acceptors (Lipinski definition) is 3. The van der Waals surface area contributed by atoms with Crippen LogP contribution in [0.15, 0.2) is 41.8 Å². The lowest BCUT2D eigenvalue weighted by Gasteiger charge is -2.14. The molecule has 1 heterocycles. The fourth-order valence-corrected chi connectivity index (χ4v) is 2.32. The first-order valence-electron chi connectivity index (χ1n) is 6.29. The highest BCUT2D eigenvalue weighted by Gasteiger charge is 2.17. The number of aryl methyl sites for hydroxylation is 1. The van der Waals surface area contributed by atoms with Crippen LogP contribution in [0.3, 0.4) is 0 Å². The summed E-state index contributed by atoms with van der Waals surface area (Å²) in [6.45, 7) is 3.59. The summed E-state index contributed by atoms with van der Waals surface area (Å²) < 4.78 is 0. The maximum Gasteiger partial charge on any atom is 0.261 e. The Morgan fingerprint density at radius 3 is 2.55 bits per heavy atom. The van der Waals surface area contributed by atoms with Crippen LogP contribution in [0, 0.1) is 6.92 Å². The molecular weight excluding hydrogens is 272 g/mol. The van der Waals surface area contributed by atoms with Gasteiger partial charge in [0.1, 0.15) is 6.04 Å². The first-order valence-corrected chi connectivity index (χ1v) is 7.17. The first-order chi connectivity index (χ1) is 9.58. The Bertz CT molecular complexity index is 608. The van der Waals surface area contributed by atoms with Gasteiger partial charge in [-0.05, 0) is 36.9 Å². The predicted molar refractivity (Wildman–Crippen MR) is 81.1 cm³/mol. The van der Waals surface area contributed by atoms with Crippen LogP contribution < -0.4 is 10.6 Å². The van der Waals surface area contributed by atoms with Crippen molar-refractivity contribution in [1.82, 2.24) is 5.32 Å². The lowest BCUT2D eigenvalue weighted by Crippen LogP contribution is -2.41. The third-order valence-corrected chi connectivity index (χ3v) is 3.76. The second-order valence-corrected chi connectivity index (χ2v) is 5.42. The molecule has 2 N–H and O–H groups in total. The fraction of sp³-hybridized carbons (Fsp3) is 0.200. The molecule has 1 atom stereocenters. The number of benzene rings is 1. The van der Waals surface area contributed by atoms with E-state index < -0.39 is 6.04 Å². The van der Waals surface area contributed by atoms with Gasteiger partial charge in [-0.15, -0.1) is 11.3 Å². The monoisotopic (exact) mass is 288 g/mol. The number of amides is 2. The van der Waals surface area contributed by atoms with Crippen LogP contribution in [-0.2, 0) is 4.79 Å². The molecule has 0 saturated carbocycles. The van der Waals surface area contributed by atoms with Gasteiger partial charge < -0.3 is 10.6 Å². The Labute approximate surface area is 121 Å². The second kappa shape index (κ2) is 6.34. The minimum absolute atomic E-state index is 0.229. The van der Waals surface area contributed by atoms with Crippen molar-refractivity contribution in [1.29, 1.82) is 0 Å². The van der Waals surface area contributed by atoms with E-state index >= 15 is 0 Å². The van der Waals surface area contributed by atoms with E-state index in [1.54, 1.807) is 19.1 Å². The average molecular weight is 288 g/mol. The number of carbonyl (C=O) groups is 2. The minimum Gasteiger partial charge on any atom is -0.340 e. The molecule has 1 aromatic heterocycles. The van der Waals surface area contributed by atoms with Crippen LogP contribution in [0.5, 0.6) is 0 Å². The van der Waals surface area contributed by atoms with Gasteiger partial charge >= 0.3 is 0 Å². The van der Waals surface area contributed by atoms with Crippen molar-refractivity contribution >= 4 is 28.8 Å². The summed E-state index contributed by atoms with van der Waals surface area (Å²) in [6, 6.07) is 10.5. The molecule has 0 spiro atoms. The summed E-state index contributed by atoms with van der Waals surface area (Å²) in [6.07, 6.45) is 0. The third-order valence-electron chi connectivity index (χ3n) is 2.89. The van der Waals surface area contributed by atoms with E-state index in [9.17, 15) is 9.59 Å². The fourth-order valence-electron chi connectivity index (χ4n) is 1.70. The summed E-state index contributed by atoms with van der Waals surface area (Å²) in [5.74, 6) is -0.461. The number of thiophene rings is 1. The van der Waals surface area contributed by atoms with Gasteiger partial charge in [0.05, 0.1) is 4.88 Å². The van der Waals surface area contributed by atoms with Crippen LogP contribution in [0.1, 0.15) is 22.2 Å². The quantitative estimate of drug-likeness (QED) is 0.909. The Balaban J connectivity index is 1.96. The zero-order valence-electron chi connectivity index (χ0n) is 11.3. The number of rotatable bonds is 4. The van der Waals surface area contributed by atoms with Gasteiger partial charge in [0.2, 0.25) is 5.91 Å². The molecular formula is C15H16N2O2S. The van der Waals surface area contributed by atoms with Crippen molar-refractivity contribution in [2.45, 2.75) is 19.9 Å². The highest BCUT2D eigenvalue weighted by atomic mass is 32.1. The highest BCUT2D eigenvalue weighted by Crippen LogP contribution is 2.13. The molecule has 0 saturated heterocycles. The molecule has 5 heteroatoms. The maximum atomic E-state index is 12.0. The van der Waals surface area contributed by atoms with Gasteiger partial charge in [-0.25, -0.2) is 0 Å². The second-order valence-electron chi connectivity index (χ2n) is 4.48. The Morgan fingerprint density at radius 1 is 1.15 bits per heavy atom. The smallest absolute Gasteiger partial charge is 0.261 e. The van der Waals surface area contributed by atoms with Crippen LogP contribution in [-0.4, -0.2) is 17.9 Å².